The molecular weight excluding hydrogens is 268 g/mol. The second kappa shape index (κ2) is 6.09. The third kappa shape index (κ3) is 4.55. The summed E-state index contributed by atoms with van der Waals surface area (Å²) in [5, 5.41) is 0. The number of carbonyl (C=O) groups is 1. The first kappa shape index (κ1) is 16.5. The molecule has 0 unspecified atom stereocenters. The molecular formula is C17H28O4. The highest BCUT2D eigenvalue weighted by Crippen LogP contribution is 2.47. The smallest absolute Gasteiger partial charge is 0.309 e. The first-order chi connectivity index (χ1) is 9.77. The van der Waals surface area contributed by atoms with Gasteiger partial charge in [0, 0.05) is 0 Å². The van der Waals surface area contributed by atoms with Crippen molar-refractivity contribution >= 4 is 5.97 Å². The first-order valence-electron chi connectivity index (χ1n) is 7.85. The summed E-state index contributed by atoms with van der Waals surface area (Å²) in [6.07, 6.45) is 7.21. The maximum absolute atomic E-state index is 11.1. The Morgan fingerprint density at radius 3 is 2.43 bits per heavy atom. The van der Waals surface area contributed by atoms with E-state index in [1.807, 2.05) is 6.08 Å². The molecule has 2 rings (SSSR count). The van der Waals surface area contributed by atoms with E-state index in [9.17, 15) is 4.79 Å². The van der Waals surface area contributed by atoms with Crippen LogP contribution in [0.3, 0.4) is 0 Å². The van der Waals surface area contributed by atoms with Crippen molar-refractivity contribution in [2.75, 3.05) is 7.11 Å². The maximum atomic E-state index is 11.1. The van der Waals surface area contributed by atoms with Gasteiger partial charge in [0.2, 0.25) is 0 Å². The van der Waals surface area contributed by atoms with E-state index in [4.69, 9.17) is 9.47 Å². The highest BCUT2D eigenvalue weighted by atomic mass is 16.6. The van der Waals surface area contributed by atoms with Gasteiger partial charge in [-0.2, -0.15) is 0 Å². The number of methoxy groups -OCH3 is 1. The summed E-state index contributed by atoms with van der Waals surface area (Å²) in [6.45, 7) is 8.53. The summed E-state index contributed by atoms with van der Waals surface area (Å²) in [5.74, 6) is -0.186. The third-order valence-electron chi connectivity index (χ3n) is 4.75. The van der Waals surface area contributed by atoms with Gasteiger partial charge >= 0.3 is 5.97 Å². The van der Waals surface area contributed by atoms with Gasteiger partial charge < -0.3 is 14.2 Å². The number of esters is 1. The van der Waals surface area contributed by atoms with Gasteiger partial charge in [0.25, 0.3) is 0 Å². The molecule has 2 fully saturated rings. The molecule has 0 aliphatic carbocycles. The number of ether oxygens (including phenoxy) is 3. The summed E-state index contributed by atoms with van der Waals surface area (Å²) >= 11 is 0. The number of allylic oxidation sites excluding steroid dienone is 1. The molecule has 0 bridgehead atoms. The quantitative estimate of drug-likeness (QED) is 0.391. The lowest BCUT2D eigenvalue weighted by atomic mass is 9.94. The van der Waals surface area contributed by atoms with Gasteiger partial charge in [0.15, 0.2) is 0 Å². The summed E-state index contributed by atoms with van der Waals surface area (Å²) in [6, 6.07) is 0. The molecule has 21 heavy (non-hydrogen) atoms. The monoisotopic (exact) mass is 296 g/mol. The number of hydrogen-bond acceptors (Lipinski definition) is 4. The van der Waals surface area contributed by atoms with Crippen LogP contribution in [0.1, 0.15) is 59.8 Å². The second-order valence-corrected chi connectivity index (χ2v) is 7.04. The van der Waals surface area contributed by atoms with Crippen LogP contribution < -0.4 is 0 Å². The molecule has 0 radical (unpaired) electrons. The van der Waals surface area contributed by atoms with E-state index >= 15 is 0 Å². The molecule has 0 amide bonds. The number of epoxide rings is 2. The molecule has 0 saturated carbocycles. The van der Waals surface area contributed by atoms with E-state index in [1.54, 1.807) is 0 Å². The molecule has 4 heteroatoms. The van der Waals surface area contributed by atoms with Crippen LogP contribution >= 0.6 is 0 Å². The summed E-state index contributed by atoms with van der Waals surface area (Å²) in [7, 11) is 1.42. The van der Waals surface area contributed by atoms with Crippen LogP contribution in [0.15, 0.2) is 11.6 Å². The van der Waals surface area contributed by atoms with E-state index in [-0.39, 0.29) is 17.2 Å². The fourth-order valence-corrected chi connectivity index (χ4v) is 2.83. The van der Waals surface area contributed by atoms with Crippen LogP contribution in [0, 0.1) is 0 Å². The van der Waals surface area contributed by atoms with Gasteiger partial charge in [-0.05, 0) is 53.4 Å². The highest BCUT2D eigenvalue weighted by molar-refractivity contribution is 5.71. The molecule has 120 valence electrons. The van der Waals surface area contributed by atoms with Gasteiger partial charge in [-0.15, -0.1) is 0 Å². The Morgan fingerprint density at radius 2 is 1.86 bits per heavy atom. The maximum Gasteiger partial charge on any atom is 0.309 e. The van der Waals surface area contributed by atoms with Crippen LogP contribution in [0.5, 0.6) is 0 Å². The molecule has 2 heterocycles. The Hall–Kier alpha value is -0.870. The Morgan fingerprint density at radius 1 is 1.19 bits per heavy atom. The molecule has 0 N–H and O–H groups in total. The molecule has 2 saturated heterocycles. The zero-order valence-corrected chi connectivity index (χ0v) is 13.9. The van der Waals surface area contributed by atoms with Gasteiger partial charge in [-0.3, -0.25) is 4.79 Å². The minimum atomic E-state index is -0.186. The van der Waals surface area contributed by atoms with Crippen molar-refractivity contribution in [1.29, 1.82) is 0 Å². The topological polar surface area (TPSA) is 51.4 Å². The van der Waals surface area contributed by atoms with Crippen molar-refractivity contribution in [3.8, 4) is 0 Å². The van der Waals surface area contributed by atoms with Crippen molar-refractivity contribution in [3.63, 3.8) is 0 Å². The Bertz CT molecular complexity index is 427. The van der Waals surface area contributed by atoms with E-state index in [0.29, 0.717) is 18.6 Å². The van der Waals surface area contributed by atoms with Crippen molar-refractivity contribution in [2.24, 2.45) is 0 Å². The summed E-state index contributed by atoms with van der Waals surface area (Å²) in [5.41, 5.74) is 1.34. The predicted octanol–water partition coefficient (Wildman–Crippen LogP) is 3.39. The average Bonchev–Trinajstić information content (AvgIpc) is 3.27. The van der Waals surface area contributed by atoms with Crippen LogP contribution in [0.25, 0.3) is 0 Å². The van der Waals surface area contributed by atoms with Crippen molar-refractivity contribution in [3.05, 3.63) is 11.6 Å². The predicted molar refractivity (Wildman–Crippen MR) is 81.1 cm³/mol. The fraction of sp³-hybridized carbons (Fsp3) is 0.824. The van der Waals surface area contributed by atoms with E-state index < -0.39 is 0 Å². The zero-order chi connectivity index (χ0) is 15.7. The molecule has 0 aromatic carbocycles. The standard InChI is InChI=1S/C17H28O4/c1-12(7-9-15(18)19-5)6-8-14-17(4,21-14)11-10-13-16(2,3)20-13/h7,13-14H,6,8-11H2,1-5H3/b12-7+/t13-,14-,17-/m1/s1. The average molecular weight is 296 g/mol. The zero-order valence-electron chi connectivity index (χ0n) is 13.9. The van der Waals surface area contributed by atoms with Gasteiger partial charge in [0.05, 0.1) is 36.9 Å². The van der Waals surface area contributed by atoms with E-state index in [1.165, 1.54) is 12.7 Å². The SMILES string of the molecule is COC(=O)C/C=C(\C)CC[C@H]1O[C@]1(C)CC[C@H]1OC1(C)C. The molecule has 0 aromatic rings. The molecule has 0 aromatic heterocycles. The summed E-state index contributed by atoms with van der Waals surface area (Å²) < 4.78 is 16.1. The van der Waals surface area contributed by atoms with E-state index in [0.717, 1.165) is 25.7 Å². The first-order valence-corrected chi connectivity index (χ1v) is 7.85. The lowest BCUT2D eigenvalue weighted by molar-refractivity contribution is -0.139. The summed E-state index contributed by atoms with van der Waals surface area (Å²) in [4.78, 5) is 11.1. The molecule has 2 aliphatic heterocycles. The van der Waals surface area contributed by atoms with Gasteiger partial charge in [-0.1, -0.05) is 11.6 Å². The van der Waals surface area contributed by atoms with E-state index in [2.05, 4.69) is 32.4 Å². The minimum Gasteiger partial charge on any atom is -0.469 e. The lowest BCUT2D eigenvalue weighted by Gasteiger charge is -2.06. The third-order valence-corrected chi connectivity index (χ3v) is 4.75. The van der Waals surface area contributed by atoms with Crippen LogP contribution in [0.4, 0.5) is 0 Å². The molecule has 3 atom stereocenters. The van der Waals surface area contributed by atoms with Gasteiger partial charge in [-0.25, -0.2) is 0 Å². The second-order valence-electron chi connectivity index (χ2n) is 7.04. The Labute approximate surface area is 127 Å². The number of hydrogen-bond donors (Lipinski definition) is 0. The van der Waals surface area contributed by atoms with Crippen molar-refractivity contribution in [1.82, 2.24) is 0 Å². The highest BCUT2D eigenvalue weighted by Gasteiger charge is 2.54. The molecule has 0 spiro atoms. The number of carbonyl (C=O) groups excluding carboxylic acids is 1. The molecule has 4 nitrogen and oxygen atoms in total. The largest absolute Gasteiger partial charge is 0.469 e. The Balaban J connectivity index is 1.63. The normalized spacial score (nSPS) is 33.7. The lowest BCUT2D eigenvalue weighted by Crippen LogP contribution is -2.13. The van der Waals surface area contributed by atoms with Crippen LogP contribution in [-0.2, 0) is 19.0 Å². The van der Waals surface area contributed by atoms with Crippen molar-refractivity contribution < 1.29 is 19.0 Å². The fourth-order valence-electron chi connectivity index (χ4n) is 2.83. The Kier molecular flexibility index (Phi) is 4.79. The minimum absolute atomic E-state index is 0.0324. The van der Waals surface area contributed by atoms with Crippen molar-refractivity contribution in [2.45, 2.75) is 83.2 Å². The van der Waals surface area contributed by atoms with Gasteiger partial charge in [0.1, 0.15) is 0 Å². The molecule has 2 aliphatic rings. The van der Waals surface area contributed by atoms with Crippen LogP contribution in [-0.4, -0.2) is 36.5 Å². The van der Waals surface area contributed by atoms with Crippen LogP contribution in [0.2, 0.25) is 0 Å². The number of rotatable bonds is 8.